The molecule has 1 N–H and O–H groups in total. The van der Waals surface area contributed by atoms with Gasteiger partial charge in [-0.2, -0.15) is 0 Å². The van der Waals surface area contributed by atoms with E-state index in [-0.39, 0.29) is 0 Å². The highest BCUT2D eigenvalue weighted by Crippen LogP contribution is 2.26. The molecule has 3 aromatic rings. The molecule has 0 heterocycles. The number of hydrogen-bond acceptors (Lipinski definition) is 1. The summed E-state index contributed by atoms with van der Waals surface area (Å²) in [6, 6.07) is 17.2. The summed E-state index contributed by atoms with van der Waals surface area (Å²) < 4.78 is 0. The highest BCUT2D eigenvalue weighted by Gasteiger charge is 2.10. The van der Waals surface area contributed by atoms with Crippen molar-refractivity contribution in [1.29, 1.82) is 0 Å². The Balaban J connectivity index is 0.00000136. The quantitative estimate of drug-likeness (QED) is 0.514. The number of phenols is 1. The van der Waals surface area contributed by atoms with Crippen LogP contribution in [0.5, 0.6) is 5.75 Å². The van der Waals surface area contributed by atoms with Gasteiger partial charge in [-0.3, -0.25) is 0 Å². The van der Waals surface area contributed by atoms with Gasteiger partial charge in [-0.1, -0.05) is 61.9 Å². The maximum Gasteiger partial charge on any atom is 0.119 e. The number of aromatic hydroxyl groups is 1. The second kappa shape index (κ2) is 9.59. The van der Waals surface area contributed by atoms with Crippen molar-refractivity contribution in [1.82, 2.24) is 0 Å². The van der Waals surface area contributed by atoms with Crippen LogP contribution < -0.4 is 0 Å². The fourth-order valence-electron chi connectivity index (χ4n) is 3.51. The van der Waals surface area contributed by atoms with E-state index in [4.69, 9.17) is 0 Å². The standard InChI is InChI=1S/C25H28O.C2H6/c1-16-6-9-25(26)24(10-16)15-23-14-22(12-19(4)20(23)5)13-21-8-7-17(2)18(3)11-21;1-2/h6-12,14,26H,13,15H2,1-5H3;1-2H3. The Kier molecular flexibility index (Phi) is 7.45. The number of aryl methyl sites for hydroxylation is 4. The zero-order valence-corrected chi connectivity index (χ0v) is 18.5. The predicted molar refractivity (Wildman–Crippen MR) is 122 cm³/mol. The highest BCUT2D eigenvalue weighted by molar-refractivity contribution is 5.45. The molecule has 0 bridgehead atoms. The van der Waals surface area contributed by atoms with Crippen LogP contribution in [0.4, 0.5) is 0 Å². The van der Waals surface area contributed by atoms with Crippen LogP contribution in [0.2, 0.25) is 0 Å². The van der Waals surface area contributed by atoms with E-state index in [9.17, 15) is 5.11 Å². The minimum Gasteiger partial charge on any atom is -0.508 e. The van der Waals surface area contributed by atoms with Crippen molar-refractivity contribution in [3.05, 3.63) is 98.6 Å². The molecule has 0 atom stereocenters. The molecule has 148 valence electrons. The first-order chi connectivity index (χ1) is 13.3. The van der Waals surface area contributed by atoms with Crippen LogP contribution in [0.15, 0.2) is 48.5 Å². The summed E-state index contributed by atoms with van der Waals surface area (Å²) in [5, 5.41) is 10.2. The predicted octanol–water partition coefficient (Wildman–Crippen LogP) is 7.14. The molecule has 0 spiro atoms. The molecule has 0 radical (unpaired) electrons. The highest BCUT2D eigenvalue weighted by atomic mass is 16.3. The van der Waals surface area contributed by atoms with Crippen molar-refractivity contribution >= 4 is 0 Å². The van der Waals surface area contributed by atoms with Gasteiger partial charge in [0.2, 0.25) is 0 Å². The van der Waals surface area contributed by atoms with Gasteiger partial charge in [-0.25, -0.2) is 0 Å². The number of benzene rings is 3. The SMILES string of the molecule is CC.Cc1ccc(O)c(Cc2cc(Cc3ccc(C)c(C)c3)cc(C)c2C)c1. The van der Waals surface area contributed by atoms with Gasteiger partial charge in [0.25, 0.3) is 0 Å². The molecule has 0 aliphatic heterocycles. The average molecular weight is 375 g/mol. The molecule has 0 unspecified atom stereocenters. The van der Waals surface area contributed by atoms with Crippen LogP contribution in [0, 0.1) is 34.6 Å². The van der Waals surface area contributed by atoms with Gasteiger partial charge in [0.15, 0.2) is 0 Å². The summed E-state index contributed by atoms with van der Waals surface area (Å²) in [5.74, 6) is 0.382. The van der Waals surface area contributed by atoms with Gasteiger partial charge in [0.05, 0.1) is 0 Å². The molecule has 1 nitrogen and oxygen atoms in total. The van der Waals surface area contributed by atoms with Gasteiger partial charge in [0.1, 0.15) is 5.75 Å². The third kappa shape index (κ3) is 5.25. The van der Waals surface area contributed by atoms with Crippen LogP contribution in [-0.2, 0) is 12.8 Å². The van der Waals surface area contributed by atoms with E-state index in [0.717, 1.165) is 18.4 Å². The Bertz CT molecular complexity index is 951. The lowest BCUT2D eigenvalue weighted by molar-refractivity contribution is 0.469. The van der Waals surface area contributed by atoms with Crippen LogP contribution in [0.1, 0.15) is 63.9 Å². The zero-order valence-electron chi connectivity index (χ0n) is 18.5. The Morgan fingerprint density at radius 1 is 0.607 bits per heavy atom. The average Bonchev–Trinajstić information content (AvgIpc) is 2.67. The third-order valence-corrected chi connectivity index (χ3v) is 5.43. The van der Waals surface area contributed by atoms with Gasteiger partial charge in [-0.15, -0.1) is 0 Å². The van der Waals surface area contributed by atoms with E-state index < -0.39 is 0 Å². The van der Waals surface area contributed by atoms with Crippen LogP contribution in [0.3, 0.4) is 0 Å². The molecule has 1 heteroatoms. The van der Waals surface area contributed by atoms with E-state index in [1.165, 1.54) is 44.5 Å². The summed E-state index contributed by atoms with van der Waals surface area (Å²) in [4.78, 5) is 0. The summed E-state index contributed by atoms with van der Waals surface area (Å²) in [6.45, 7) is 14.8. The largest absolute Gasteiger partial charge is 0.508 e. The first-order valence-electron chi connectivity index (χ1n) is 10.3. The van der Waals surface area contributed by atoms with Crippen molar-refractivity contribution in [3.63, 3.8) is 0 Å². The lowest BCUT2D eigenvalue weighted by Gasteiger charge is -2.14. The van der Waals surface area contributed by atoms with Crippen LogP contribution in [0.25, 0.3) is 0 Å². The van der Waals surface area contributed by atoms with E-state index in [0.29, 0.717) is 5.75 Å². The Hall–Kier alpha value is -2.54. The van der Waals surface area contributed by atoms with Crippen LogP contribution in [-0.4, -0.2) is 5.11 Å². The maximum absolute atomic E-state index is 10.2. The molecule has 0 saturated heterocycles. The monoisotopic (exact) mass is 374 g/mol. The summed E-state index contributed by atoms with van der Waals surface area (Å²) in [7, 11) is 0. The van der Waals surface area contributed by atoms with E-state index in [1.807, 2.05) is 19.9 Å². The van der Waals surface area contributed by atoms with Gasteiger partial charge in [-0.05, 0) is 91.6 Å². The first kappa shape index (κ1) is 21.8. The molecule has 28 heavy (non-hydrogen) atoms. The Labute approximate surface area is 171 Å². The maximum atomic E-state index is 10.2. The number of phenolic OH excluding ortho intramolecular Hbond substituents is 1. The van der Waals surface area contributed by atoms with E-state index in [1.54, 1.807) is 6.07 Å². The van der Waals surface area contributed by atoms with E-state index in [2.05, 4.69) is 71.0 Å². The summed E-state index contributed by atoms with van der Waals surface area (Å²) in [6.07, 6.45) is 1.70. The minimum atomic E-state index is 0.382. The lowest BCUT2D eigenvalue weighted by atomic mass is 9.91. The molecule has 0 fully saturated rings. The second-order valence-electron chi connectivity index (χ2n) is 7.60. The molecule has 0 aliphatic carbocycles. The van der Waals surface area contributed by atoms with Crippen LogP contribution >= 0.6 is 0 Å². The molecule has 0 saturated carbocycles. The number of hydrogen-bond donors (Lipinski definition) is 1. The summed E-state index contributed by atoms with van der Waals surface area (Å²) in [5.41, 5.74) is 11.5. The normalized spacial score (nSPS) is 10.4. The van der Waals surface area contributed by atoms with Gasteiger partial charge in [0, 0.05) is 6.42 Å². The molecular formula is C27H34O. The summed E-state index contributed by atoms with van der Waals surface area (Å²) >= 11 is 0. The molecular weight excluding hydrogens is 340 g/mol. The van der Waals surface area contributed by atoms with Gasteiger partial charge < -0.3 is 5.11 Å². The van der Waals surface area contributed by atoms with Crippen molar-refractivity contribution in [2.24, 2.45) is 0 Å². The fraction of sp³-hybridized carbons (Fsp3) is 0.333. The molecule has 0 amide bonds. The topological polar surface area (TPSA) is 20.2 Å². The first-order valence-corrected chi connectivity index (χ1v) is 10.3. The molecule has 0 aliphatic rings. The van der Waals surface area contributed by atoms with Crippen molar-refractivity contribution in [2.75, 3.05) is 0 Å². The van der Waals surface area contributed by atoms with Gasteiger partial charge >= 0.3 is 0 Å². The van der Waals surface area contributed by atoms with Crippen molar-refractivity contribution in [3.8, 4) is 5.75 Å². The molecule has 0 aromatic heterocycles. The fourth-order valence-corrected chi connectivity index (χ4v) is 3.51. The lowest BCUT2D eigenvalue weighted by Crippen LogP contribution is -1.99. The molecule has 3 aromatic carbocycles. The Morgan fingerprint density at radius 2 is 1.29 bits per heavy atom. The van der Waals surface area contributed by atoms with E-state index >= 15 is 0 Å². The second-order valence-corrected chi connectivity index (χ2v) is 7.60. The van der Waals surface area contributed by atoms with Crippen molar-refractivity contribution < 1.29 is 5.11 Å². The zero-order chi connectivity index (χ0) is 20.8. The number of rotatable bonds is 4. The Morgan fingerprint density at radius 3 is 1.96 bits per heavy atom. The smallest absolute Gasteiger partial charge is 0.119 e. The third-order valence-electron chi connectivity index (χ3n) is 5.43. The minimum absolute atomic E-state index is 0.382. The van der Waals surface area contributed by atoms with Crippen molar-refractivity contribution in [2.45, 2.75) is 61.3 Å². The molecule has 3 rings (SSSR count).